The van der Waals surface area contributed by atoms with Crippen molar-refractivity contribution in [2.75, 3.05) is 13.7 Å². The maximum absolute atomic E-state index is 12.4. The number of hydrogen-bond donors (Lipinski definition) is 1. The van der Waals surface area contributed by atoms with E-state index >= 15 is 0 Å². The predicted octanol–water partition coefficient (Wildman–Crippen LogP) is 6.23. The van der Waals surface area contributed by atoms with Crippen LogP contribution in [0.4, 0.5) is 0 Å². The number of nitrogens with zero attached hydrogens (tertiary/aromatic N) is 1. The largest absolute Gasteiger partial charge is 0.388 e. The van der Waals surface area contributed by atoms with Gasteiger partial charge in [-0.25, -0.2) is 5.06 Å². The van der Waals surface area contributed by atoms with Crippen LogP contribution in [0.15, 0.2) is 35.5 Å². The highest BCUT2D eigenvalue weighted by Crippen LogP contribution is 2.59. The minimum atomic E-state index is -0.431. The van der Waals surface area contributed by atoms with E-state index in [2.05, 4.69) is 32.6 Å². The van der Waals surface area contributed by atoms with Gasteiger partial charge in [-0.1, -0.05) is 58.9 Å². The first-order valence-electron chi connectivity index (χ1n) is 12.6. The molecule has 0 bridgehead atoms. The molecule has 3 aliphatic carbocycles. The lowest BCUT2D eigenvalue weighted by atomic mass is 9.61. The van der Waals surface area contributed by atoms with Crippen molar-refractivity contribution in [2.45, 2.75) is 92.1 Å². The zero-order valence-electron chi connectivity index (χ0n) is 21.2. The van der Waals surface area contributed by atoms with Crippen molar-refractivity contribution >= 4 is 5.91 Å². The molecule has 3 fully saturated rings. The van der Waals surface area contributed by atoms with E-state index in [0.29, 0.717) is 29.8 Å². The second-order valence-electron chi connectivity index (χ2n) is 11.8. The summed E-state index contributed by atoms with van der Waals surface area (Å²) in [6, 6.07) is 0. The Balaban J connectivity index is 1.67. The number of aliphatic hydroxyl groups is 1. The summed E-state index contributed by atoms with van der Waals surface area (Å²) in [5.41, 5.74) is 3.58. The van der Waals surface area contributed by atoms with Crippen LogP contribution in [0.2, 0.25) is 0 Å². The first-order valence-corrected chi connectivity index (χ1v) is 12.6. The Kier molecular flexibility index (Phi) is 7.77. The van der Waals surface area contributed by atoms with Crippen LogP contribution < -0.4 is 0 Å². The predicted molar refractivity (Wildman–Crippen MR) is 131 cm³/mol. The zero-order chi connectivity index (χ0) is 23.7. The van der Waals surface area contributed by atoms with Crippen molar-refractivity contribution in [1.82, 2.24) is 5.06 Å². The quantitative estimate of drug-likeness (QED) is 0.513. The van der Waals surface area contributed by atoms with Gasteiger partial charge in [-0.05, 0) is 85.7 Å². The van der Waals surface area contributed by atoms with E-state index in [0.717, 1.165) is 24.8 Å². The number of allylic oxidation sites excluding steroid dienone is 3. The Hall–Kier alpha value is -1.39. The molecule has 0 heterocycles. The van der Waals surface area contributed by atoms with Crippen molar-refractivity contribution in [3.8, 4) is 0 Å². The summed E-state index contributed by atoms with van der Waals surface area (Å²) in [6.45, 7) is 15.3. The Morgan fingerprint density at radius 3 is 2.66 bits per heavy atom. The van der Waals surface area contributed by atoms with Crippen LogP contribution in [0.3, 0.4) is 0 Å². The highest BCUT2D eigenvalue weighted by molar-refractivity contribution is 5.80. The second kappa shape index (κ2) is 9.85. The number of amides is 1. The smallest absolute Gasteiger partial charge is 0.251 e. The van der Waals surface area contributed by atoms with Gasteiger partial charge in [-0.15, -0.1) is 0 Å². The minimum Gasteiger partial charge on any atom is -0.388 e. The number of fused-ring (bicyclic) bond motifs is 1. The monoisotopic (exact) mass is 443 g/mol. The van der Waals surface area contributed by atoms with Crippen molar-refractivity contribution in [1.29, 1.82) is 0 Å². The SMILES string of the molecule is C=C1/C(=C\C=C2/CCCC3(C)[C@@H]([C@H](C)CON(C)C(=O)C(C)(C)C)CC[C@@H]23)CCCC1O. The van der Waals surface area contributed by atoms with Gasteiger partial charge >= 0.3 is 0 Å². The average molecular weight is 444 g/mol. The zero-order valence-corrected chi connectivity index (χ0v) is 21.2. The fraction of sp³-hybridized carbons (Fsp3) is 0.750. The summed E-state index contributed by atoms with van der Waals surface area (Å²) in [7, 11) is 1.74. The van der Waals surface area contributed by atoms with Gasteiger partial charge < -0.3 is 5.11 Å². The van der Waals surface area contributed by atoms with Crippen molar-refractivity contribution < 1.29 is 14.7 Å². The molecule has 0 radical (unpaired) electrons. The summed E-state index contributed by atoms with van der Waals surface area (Å²) in [4.78, 5) is 18.4. The lowest BCUT2D eigenvalue weighted by molar-refractivity contribution is -0.193. The third-order valence-corrected chi connectivity index (χ3v) is 8.42. The van der Waals surface area contributed by atoms with Gasteiger partial charge in [0.2, 0.25) is 0 Å². The third kappa shape index (κ3) is 5.22. The van der Waals surface area contributed by atoms with Crippen LogP contribution in [-0.4, -0.2) is 35.8 Å². The Morgan fingerprint density at radius 1 is 1.25 bits per heavy atom. The molecular formula is C28H45NO3. The maximum atomic E-state index is 12.4. The standard InChI is InChI=1S/C28H45NO3/c1-19(18-32-29(7)26(31)27(3,4)5)23-15-16-24-22(11-9-17-28(23,24)6)14-13-21-10-8-12-25(30)20(21)2/h13-14,19,23-25,30H,2,8-12,15-18H2,1,3-7H3/b21-13-,22-14+/t19-,23-,24+,25?,28?/m1/s1. The molecule has 0 spiro atoms. The third-order valence-electron chi connectivity index (χ3n) is 8.42. The minimum absolute atomic E-state index is 0.0190. The van der Waals surface area contributed by atoms with E-state index in [-0.39, 0.29) is 12.0 Å². The lowest BCUT2D eigenvalue weighted by Gasteiger charge is -2.44. The van der Waals surface area contributed by atoms with Crippen LogP contribution in [0, 0.1) is 28.6 Å². The van der Waals surface area contributed by atoms with Gasteiger partial charge in [-0.3, -0.25) is 9.63 Å². The average Bonchev–Trinajstić information content (AvgIpc) is 3.09. The van der Waals surface area contributed by atoms with Gasteiger partial charge in [0.15, 0.2) is 0 Å². The van der Waals surface area contributed by atoms with E-state index in [1.165, 1.54) is 42.7 Å². The molecule has 0 aromatic carbocycles. The number of hydrogen-bond acceptors (Lipinski definition) is 3. The van der Waals surface area contributed by atoms with Gasteiger partial charge in [0.1, 0.15) is 0 Å². The number of carbonyl (C=O) groups excluding carboxylic acids is 1. The molecule has 4 heteroatoms. The molecule has 0 aromatic heterocycles. The highest BCUT2D eigenvalue weighted by Gasteiger charge is 2.50. The molecule has 5 atom stereocenters. The molecule has 3 saturated carbocycles. The summed E-state index contributed by atoms with van der Waals surface area (Å²) in [6.07, 6.45) is 13.3. The van der Waals surface area contributed by atoms with Gasteiger partial charge in [0, 0.05) is 12.5 Å². The van der Waals surface area contributed by atoms with E-state index in [1.807, 2.05) is 20.8 Å². The normalized spacial score (nSPS) is 34.6. The molecular weight excluding hydrogens is 398 g/mol. The molecule has 2 unspecified atom stereocenters. The van der Waals surface area contributed by atoms with Crippen LogP contribution in [0.25, 0.3) is 0 Å². The fourth-order valence-corrected chi connectivity index (χ4v) is 6.52. The van der Waals surface area contributed by atoms with Crippen LogP contribution in [0.1, 0.15) is 86.0 Å². The maximum Gasteiger partial charge on any atom is 0.251 e. The molecule has 0 saturated heterocycles. The van der Waals surface area contributed by atoms with E-state index in [1.54, 1.807) is 12.6 Å². The molecule has 3 aliphatic rings. The summed E-state index contributed by atoms with van der Waals surface area (Å²) in [5.74, 6) is 1.65. The number of rotatable bonds is 5. The van der Waals surface area contributed by atoms with Crippen molar-refractivity contribution in [3.05, 3.63) is 35.5 Å². The number of carbonyl (C=O) groups is 1. The van der Waals surface area contributed by atoms with Crippen LogP contribution in [0.5, 0.6) is 0 Å². The van der Waals surface area contributed by atoms with Crippen LogP contribution in [-0.2, 0) is 9.63 Å². The summed E-state index contributed by atoms with van der Waals surface area (Å²) < 4.78 is 0. The molecule has 32 heavy (non-hydrogen) atoms. The topological polar surface area (TPSA) is 49.8 Å². The highest BCUT2D eigenvalue weighted by atomic mass is 16.7. The molecule has 1 N–H and O–H groups in total. The lowest BCUT2D eigenvalue weighted by Crippen LogP contribution is -2.40. The Labute approximate surface area is 195 Å². The second-order valence-corrected chi connectivity index (χ2v) is 11.8. The van der Waals surface area contributed by atoms with E-state index in [4.69, 9.17) is 4.84 Å². The Bertz CT molecular complexity index is 774. The van der Waals surface area contributed by atoms with E-state index < -0.39 is 5.41 Å². The molecule has 3 rings (SSSR count). The molecule has 0 aliphatic heterocycles. The molecule has 1 amide bonds. The number of hydroxylamine groups is 2. The molecule has 4 nitrogen and oxygen atoms in total. The first-order chi connectivity index (χ1) is 14.9. The summed E-state index contributed by atoms with van der Waals surface area (Å²) in [5, 5.41) is 11.6. The Morgan fingerprint density at radius 2 is 1.97 bits per heavy atom. The van der Waals surface area contributed by atoms with E-state index in [9.17, 15) is 9.90 Å². The molecule has 180 valence electrons. The first kappa shape index (κ1) is 25.2. The summed E-state index contributed by atoms with van der Waals surface area (Å²) >= 11 is 0. The molecule has 0 aromatic rings. The van der Waals surface area contributed by atoms with Crippen LogP contribution >= 0.6 is 0 Å². The number of aliphatic hydroxyl groups excluding tert-OH is 1. The van der Waals surface area contributed by atoms with Gasteiger partial charge in [0.05, 0.1) is 12.7 Å². The fourth-order valence-electron chi connectivity index (χ4n) is 6.52. The van der Waals surface area contributed by atoms with Gasteiger partial charge in [-0.2, -0.15) is 0 Å². The van der Waals surface area contributed by atoms with Crippen molar-refractivity contribution in [3.63, 3.8) is 0 Å². The van der Waals surface area contributed by atoms with Gasteiger partial charge in [0.25, 0.3) is 5.91 Å². The van der Waals surface area contributed by atoms with Crippen molar-refractivity contribution in [2.24, 2.45) is 28.6 Å².